The first-order chi connectivity index (χ1) is 12.1. The fraction of sp³-hybridized carbons (Fsp3) is 0.632. The van der Waals surface area contributed by atoms with Crippen molar-refractivity contribution in [1.29, 1.82) is 0 Å². The van der Waals surface area contributed by atoms with E-state index < -0.39 is 0 Å². The minimum absolute atomic E-state index is 0.0681. The molecule has 0 aromatic heterocycles. The van der Waals surface area contributed by atoms with Crippen molar-refractivity contribution in [3.8, 4) is 0 Å². The lowest BCUT2D eigenvalue weighted by Gasteiger charge is -2.41. The molecule has 0 spiro atoms. The van der Waals surface area contributed by atoms with Crippen LogP contribution in [0.2, 0.25) is 0 Å². The van der Waals surface area contributed by atoms with Crippen molar-refractivity contribution >= 4 is 11.6 Å². The third kappa shape index (κ3) is 4.30. The molecule has 0 bridgehead atoms. The molecule has 1 N–H and O–H groups in total. The van der Waals surface area contributed by atoms with Crippen molar-refractivity contribution in [2.45, 2.75) is 31.8 Å². The highest BCUT2D eigenvalue weighted by atomic mass is 19.1. The number of carbonyl (C=O) groups excluding carboxylic acids is 1. The molecule has 6 heteroatoms. The van der Waals surface area contributed by atoms with Crippen molar-refractivity contribution in [3.05, 3.63) is 30.1 Å². The predicted molar refractivity (Wildman–Crippen MR) is 98.3 cm³/mol. The number of carbonyl (C=O) groups is 1. The van der Waals surface area contributed by atoms with Crippen LogP contribution in [0.5, 0.6) is 0 Å². The zero-order valence-corrected chi connectivity index (χ0v) is 15.2. The van der Waals surface area contributed by atoms with E-state index in [4.69, 9.17) is 0 Å². The Bertz CT molecular complexity index is 563. The van der Waals surface area contributed by atoms with Crippen LogP contribution in [0, 0.1) is 5.82 Å². The van der Waals surface area contributed by atoms with E-state index in [9.17, 15) is 9.18 Å². The van der Waals surface area contributed by atoms with Gasteiger partial charge >= 0.3 is 0 Å². The van der Waals surface area contributed by atoms with E-state index in [2.05, 4.69) is 15.1 Å². The van der Waals surface area contributed by atoms with E-state index in [0.29, 0.717) is 6.04 Å². The normalized spacial score (nSPS) is 21.4. The number of anilines is 1. The van der Waals surface area contributed by atoms with Crippen molar-refractivity contribution in [2.75, 3.05) is 51.2 Å². The molecule has 2 fully saturated rings. The van der Waals surface area contributed by atoms with Gasteiger partial charge in [0, 0.05) is 51.0 Å². The Labute approximate surface area is 149 Å². The number of benzene rings is 1. The number of hydrogen-bond donors (Lipinski definition) is 1. The summed E-state index contributed by atoms with van der Waals surface area (Å²) in [5.41, 5.74) is 1.05. The van der Waals surface area contributed by atoms with Crippen LogP contribution in [0.25, 0.3) is 0 Å². The summed E-state index contributed by atoms with van der Waals surface area (Å²) in [7, 11) is 1.99. The van der Waals surface area contributed by atoms with Crippen molar-refractivity contribution in [1.82, 2.24) is 15.1 Å². The Kier molecular flexibility index (Phi) is 5.91. The average Bonchev–Trinajstić information content (AvgIpc) is 2.67. The van der Waals surface area contributed by atoms with Crippen LogP contribution in [0.15, 0.2) is 24.3 Å². The maximum atomic E-state index is 13.1. The lowest BCUT2D eigenvalue weighted by Crippen LogP contribution is -2.56. The fourth-order valence-corrected chi connectivity index (χ4v) is 3.83. The van der Waals surface area contributed by atoms with Crippen LogP contribution in [-0.4, -0.2) is 74.1 Å². The largest absolute Gasteiger partial charge is 0.369 e. The molecule has 1 amide bonds. The van der Waals surface area contributed by atoms with E-state index >= 15 is 0 Å². The monoisotopic (exact) mass is 348 g/mol. The van der Waals surface area contributed by atoms with Gasteiger partial charge in [-0.25, -0.2) is 4.39 Å². The van der Waals surface area contributed by atoms with Crippen molar-refractivity contribution in [2.24, 2.45) is 0 Å². The van der Waals surface area contributed by atoms with Gasteiger partial charge in [0.05, 0.1) is 6.04 Å². The smallest absolute Gasteiger partial charge is 0.239 e. The average molecular weight is 348 g/mol. The molecular formula is C19H29FN4O. The van der Waals surface area contributed by atoms with Crippen LogP contribution < -0.4 is 10.2 Å². The molecule has 5 nitrogen and oxygen atoms in total. The number of piperidine rings is 1. The van der Waals surface area contributed by atoms with Crippen molar-refractivity contribution < 1.29 is 9.18 Å². The standard InChI is InChI=1S/C19H29FN4O/c1-15(19(25)24-9-7-17(21-2)8-10-24)22-11-13-23(14-12-22)18-5-3-16(20)4-6-18/h3-6,15,17,21H,7-14H2,1-2H3. The van der Waals surface area contributed by atoms with Gasteiger partial charge in [0.15, 0.2) is 0 Å². The van der Waals surface area contributed by atoms with Gasteiger partial charge < -0.3 is 15.1 Å². The van der Waals surface area contributed by atoms with Gasteiger partial charge in [-0.1, -0.05) is 0 Å². The van der Waals surface area contributed by atoms with Crippen LogP contribution >= 0.6 is 0 Å². The number of piperazine rings is 1. The molecular weight excluding hydrogens is 319 g/mol. The Morgan fingerprint density at radius 3 is 2.24 bits per heavy atom. The summed E-state index contributed by atoms with van der Waals surface area (Å²) < 4.78 is 13.1. The second-order valence-electron chi connectivity index (χ2n) is 7.06. The first-order valence-electron chi connectivity index (χ1n) is 9.29. The molecule has 2 saturated heterocycles. The molecule has 1 atom stereocenters. The minimum Gasteiger partial charge on any atom is -0.369 e. The van der Waals surface area contributed by atoms with E-state index in [0.717, 1.165) is 57.8 Å². The van der Waals surface area contributed by atoms with Gasteiger partial charge in [0.2, 0.25) is 5.91 Å². The number of likely N-dealkylation sites (tertiary alicyclic amines) is 1. The zero-order chi connectivity index (χ0) is 17.8. The molecule has 25 heavy (non-hydrogen) atoms. The van der Waals surface area contributed by atoms with Crippen LogP contribution in [0.4, 0.5) is 10.1 Å². The van der Waals surface area contributed by atoms with Gasteiger partial charge in [-0.2, -0.15) is 0 Å². The first-order valence-corrected chi connectivity index (χ1v) is 9.29. The molecule has 1 aromatic rings. The highest BCUT2D eigenvalue weighted by Gasteiger charge is 2.30. The Balaban J connectivity index is 1.50. The van der Waals surface area contributed by atoms with Crippen molar-refractivity contribution in [3.63, 3.8) is 0 Å². The first kappa shape index (κ1) is 18.1. The third-order valence-electron chi connectivity index (χ3n) is 5.63. The summed E-state index contributed by atoms with van der Waals surface area (Å²) in [6, 6.07) is 7.13. The minimum atomic E-state index is -0.205. The number of nitrogens with zero attached hydrogens (tertiary/aromatic N) is 3. The van der Waals surface area contributed by atoms with Crippen LogP contribution in [0.1, 0.15) is 19.8 Å². The summed E-state index contributed by atoms with van der Waals surface area (Å²) in [5.74, 6) is 0.0495. The molecule has 3 rings (SSSR count). The quantitative estimate of drug-likeness (QED) is 0.896. The predicted octanol–water partition coefficient (Wildman–Crippen LogP) is 1.55. The molecule has 1 unspecified atom stereocenters. The molecule has 0 saturated carbocycles. The SMILES string of the molecule is CNC1CCN(C(=O)C(C)N2CCN(c3ccc(F)cc3)CC2)CC1. The third-order valence-corrected chi connectivity index (χ3v) is 5.63. The van der Waals surface area contributed by atoms with Crippen LogP contribution in [0.3, 0.4) is 0 Å². The maximum Gasteiger partial charge on any atom is 0.239 e. The van der Waals surface area contributed by atoms with E-state index in [1.54, 1.807) is 0 Å². The highest BCUT2D eigenvalue weighted by molar-refractivity contribution is 5.81. The van der Waals surface area contributed by atoms with Gasteiger partial charge in [-0.15, -0.1) is 0 Å². The van der Waals surface area contributed by atoms with E-state index in [1.165, 1.54) is 12.1 Å². The van der Waals surface area contributed by atoms with E-state index in [-0.39, 0.29) is 17.8 Å². The molecule has 0 radical (unpaired) electrons. The fourth-order valence-electron chi connectivity index (χ4n) is 3.83. The van der Waals surface area contributed by atoms with Crippen LogP contribution in [-0.2, 0) is 4.79 Å². The summed E-state index contributed by atoms with van der Waals surface area (Å²) in [4.78, 5) is 19.3. The number of hydrogen-bond acceptors (Lipinski definition) is 4. The Morgan fingerprint density at radius 1 is 1.08 bits per heavy atom. The van der Waals surface area contributed by atoms with E-state index in [1.807, 2.05) is 31.0 Å². The molecule has 0 aliphatic carbocycles. The summed E-state index contributed by atoms with van der Waals surface area (Å²) in [5, 5.41) is 3.30. The topological polar surface area (TPSA) is 38.8 Å². The summed E-state index contributed by atoms with van der Waals surface area (Å²) >= 11 is 0. The Hall–Kier alpha value is -1.66. The Morgan fingerprint density at radius 2 is 1.68 bits per heavy atom. The number of amides is 1. The highest BCUT2D eigenvalue weighted by Crippen LogP contribution is 2.19. The lowest BCUT2D eigenvalue weighted by atomic mass is 10.0. The number of halogens is 1. The van der Waals surface area contributed by atoms with Gasteiger partial charge in [0.1, 0.15) is 5.82 Å². The summed E-state index contributed by atoms with van der Waals surface area (Å²) in [6.07, 6.45) is 2.07. The van der Waals surface area contributed by atoms with Gasteiger partial charge in [-0.3, -0.25) is 9.69 Å². The lowest BCUT2D eigenvalue weighted by molar-refractivity contribution is -0.137. The maximum absolute atomic E-state index is 13.1. The molecule has 2 aliphatic heterocycles. The molecule has 2 heterocycles. The molecule has 138 valence electrons. The molecule has 2 aliphatic rings. The second kappa shape index (κ2) is 8.15. The van der Waals surface area contributed by atoms with Gasteiger partial charge in [0.25, 0.3) is 0 Å². The number of nitrogens with one attached hydrogen (secondary N) is 1. The molecule has 1 aromatic carbocycles. The zero-order valence-electron chi connectivity index (χ0n) is 15.2. The number of rotatable bonds is 4. The second-order valence-corrected chi connectivity index (χ2v) is 7.06. The summed E-state index contributed by atoms with van der Waals surface area (Å²) in [6.45, 7) is 7.18. The van der Waals surface area contributed by atoms with Gasteiger partial charge in [-0.05, 0) is 51.1 Å².